The summed E-state index contributed by atoms with van der Waals surface area (Å²) in [5, 5.41) is 1.68. The number of hydrogen-bond acceptors (Lipinski definition) is 8. The molecule has 0 radical (unpaired) electrons. The molecule has 2 aliphatic rings. The Morgan fingerprint density at radius 2 is 1.00 bits per heavy atom. The summed E-state index contributed by atoms with van der Waals surface area (Å²) in [7, 11) is 0. The molecule has 0 saturated heterocycles. The number of unbranched alkanes of at least 4 members (excludes halogenated alkanes) is 2. The van der Waals surface area contributed by atoms with Crippen LogP contribution in [0.15, 0.2) is 87.6 Å². The van der Waals surface area contributed by atoms with Crippen molar-refractivity contribution < 1.29 is 0 Å². The minimum absolute atomic E-state index is 0.0709. The van der Waals surface area contributed by atoms with Gasteiger partial charge < -0.3 is 9.80 Å². The highest BCUT2D eigenvalue weighted by Gasteiger charge is 2.34. The van der Waals surface area contributed by atoms with Gasteiger partial charge in [-0.1, -0.05) is 74.5 Å². The van der Waals surface area contributed by atoms with Gasteiger partial charge in [0.05, 0.1) is 21.4 Å². The van der Waals surface area contributed by atoms with Gasteiger partial charge in [-0.2, -0.15) is 0 Å². The average molecular weight is 569 g/mol. The van der Waals surface area contributed by atoms with Crippen LogP contribution in [0.25, 0.3) is 23.3 Å². The fourth-order valence-electron chi connectivity index (χ4n) is 5.25. The molecule has 0 unspecified atom stereocenters. The molecule has 0 aliphatic carbocycles. The lowest BCUT2D eigenvalue weighted by Gasteiger charge is -2.22. The minimum atomic E-state index is -0.704. The van der Waals surface area contributed by atoms with Crippen LogP contribution in [0.5, 0.6) is 0 Å². The maximum atomic E-state index is 12.9. The third kappa shape index (κ3) is 4.30. The lowest BCUT2D eigenvalue weighted by Crippen LogP contribution is -2.44. The molecular formula is C32H28N2O4S2. The maximum Gasteiger partial charge on any atom is 0.235 e. The second-order valence-corrected chi connectivity index (χ2v) is 12.1. The predicted octanol–water partition coefficient (Wildman–Crippen LogP) is 5.97. The quantitative estimate of drug-likeness (QED) is 0.229. The number of anilines is 2. The Morgan fingerprint density at radius 3 is 1.40 bits per heavy atom. The van der Waals surface area contributed by atoms with Crippen LogP contribution in [0, 0.1) is 0 Å². The van der Waals surface area contributed by atoms with Crippen LogP contribution in [-0.4, -0.2) is 13.1 Å². The van der Waals surface area contributed by atoms with Gasteiger partial charge in [0.25, 0.3) is 0 Å². The van der Waals surface area contributed by atoms with E-state index in [0.29, 0.717) is 0 Å². The molecule has 0 amide bonds. The molecule has 8 heteroatoms. The number of fused-ring (bicyclic) bond motifs is 2. The van der Waals surface area contributed by atoms with Crippen molar-refractivity contribution in [2.24, 2.45) is 0 Å². The van der Waals surface area contributed by atoms with E-state index in [1.165, 1.54) is 0 Å². The van der Waals surface area contributed by atoms with E-state index in [-0.39, 0.29) is 22.3 Å². The zero-order chi connectivity index (χ0) is 28.0. The Morgan fingerprint density at radius 1 is 0.600 bits per heavy atom. The lowest BCUT2D eigenvalue weighted by molar-refractivity contribution is 0.780. The fourth-order valence-corrected chi connectivity index (χ4v) is 7.51. The third-order valence-corrected chi connectivity index (χ3v) is 9.65. The summed E-state index contributed by atoms with van der Waals surface area (Å²) in [4.78, 5) is 57.9. The van der Waals surface area contributed by atoms with Gasteiger partial charge in [-0.25, -0.2) is 0 Å². The van der Waals surface area contributed by atoms with Crippen LogP contribution in [0.1, 0.15) is 50.7 Å². The highest BCUT2D eigenvalue weighted by atomic mass is 32.2. The Hall–Kier alpha value is -3.62. The smallest absolute Gasteiger partial charge is 0.235 e. The van der Waals surface area contributed by atoms with Crippen LogP contribution in [0.4, 0.5) is 11.4 Å². The van der Waals surface area contributed by atoms with E-state index < -0.39 is 21.7 Å². The Bertz CT molecular complexity index is 1700. The zero-order valence-corrected chi connectivity index (χ0v) is 24.0. The summed E-state index contributed by atoms with van der Waals surface area (Å²) >= 11 is 3.09. The van der Waals surface area contributed by atoms with Crippen molar-refractivity contribution in [2.45, 2.75) is 49.3 Å². The molecule has 0 aromatic heterocycles. The van der Waals surface area contributed by atoms with Gasteiger partial charge in [0.1, 0.15) is 0 Å². The van der Waals surface area contributed by atoms with E-state index in [2.05, 4.69) is 23.6 Å². The van der Waals surface area contributed by atoms with Gasteiger partial charge in [-0.15, -0.1) is 0 Å². The molecule has 4 aromatic rings. The van der Waals surface area contributed by atoms with Crippen molar-refractivity contribution in [1.29, 1.82) is 0 Å². The van der Waals surface area contributed by atoms with Crippen molar-refractivity contribution in [3.05, 3.63) is 111 Å². The number of rotatable bonds is 9. The van der Waals surface area contributed by atoms with Crippen molar-refractivity contribution in [3.63, 3.8) is 0 Å². The molecular weight excluding hydrogens is 540 g/mol. The predicted molar refractivity (Wildman–Crippen MR) is 167 cm³/mol. The average Bonchev–Trinajstić information content (AvgIpc) is 3.52. The summed E-state index contributed by atoms with van der Waals surface area (Å²) in [5.41, 5.74) is 0.0465. The molecule has 40 heavy (non-hydrogen) atoms. The van der Waals surface area contributed by atoms with Gasteiger partial charge in [0, 0.05) is 45.1 Å². The highest BCUT2D eigenvalue weighted by Crippen LogP contribution is 2.48. The maximum absolute atomic E-state index is 12.9. The molecule has 2 aliphatic heterocycles. The zero-order valence-electron chi connectivity index (χ0n) is 22.4. The first kappa shape index (κ1) is 26.6. The molecule has 0 saturated carbocycles. The summed E-state index contributed by atoms with van der Waals surface area (Å²) < 4.78 is 0. The largest absolute Gasteiger partial charge is 0.335 e. The fraction of sp³-hybridized carbons (Fsp3) is 0.250. The Balaban J connectivity index is 1.40. The number of benzene rings is 2. The topological polar surface area (TPSA) is 74.8 Å². The molecule has 0 N–H and O–H groups in total. The van der Waals surface area contributed by atoms with Gasteiger partial charge >= 0.3 is 0 Å². The van der Waals surface area contributed by atoms with Crippen LogP contribution >= 0.6 is 23.5 Å². The van der Waals surface area contributed by atoms with Gasteiger partial charge in [0.2, 0.25) is 21.7 Å². The molecule has 2 heterocycles. The molecule has 0 fully saturated rings. The first-order valence-corrected chi connectivity index (χ1v) is 15.3. The second-order valence-electron chi connectivity index (χ2n) is 10.0. The first-order valence-electron chi connectivity index (χ1n) is 13.6. The molecule has 0 atom stereocenters. The summed E-state index contributed by atoms with van der Waals surface area (Å²) in [5.74, 6) is 0. The summed E-state index contributed by atoms with van der Waals surface area (Å²) in [6.07, 6.45) is 7.41. The summed E-state index contributed by atoms with van der Waals surface area (Å²) in [6.45, 7) is 5.80. The van der Waals surface area contributed by atoms with Crippen LogP contribution in [-0.2, 0) is 0 Å². The number of thioether (sulfide) groups is 2. The Labute approximate surface area is 240 Å². The number of nitrogens with zero attached hydrogens (tertiary/aromatic N) is 2. The second kappa shape index (κ2) is 10.7. The van der Waals surface area contributed by atoms with E-state index in [1.54, 1.807) is 35.7 Å². The minimum Gasteiger partial charge on any atom is -0.335 e. The molecule has 6 rings (SSSR count). The van der Waals surface area contributed by atoms with Crippen molar-refractivity contribution >= 4 is 47.1 Å². The standard InChI is InChI=1S/C32H28N2O4S2/c1-3-5-15-33-21-11-7-9-13-23(21)39-25(33)17-19-27(31(37)29(19)35)28-20(30(36)32(28)38)18-26-34(16-6-4-2)22-12-8-10-14-24(22)40-26/h7-14,17-18H,3-6,15-16H2,1-2H3/b25-17-,26-18+. The molecule has 202 valence electrons. The normalized spacial score (nSPS) is 16.6. The van der Waals surface area contributed by atoms with Crippen LogP contribution in [0.2, 0.25) is 0 Å². The molecule has 6 nitrogen and oxygen atoms in total. The highest BCUT2D eigenvalue weighted by molar-refractivity contribution is 8.04. The van der Waals surface area contributed by atoms with E-state index in [0.717, 1.165) is 70.0 Å². The van der Waals surface area contributed by atoms with E-state index in [9.17, 15) is 19.2 Å². The third-order valence-electron chi connectivity index (χ3n) is 7.42. The molecule has 0 spiro atoms. The number of hydrogen-bond donors (Lipinski definition) is 0. The summed E-state index contributed by atoms with van der Waals surface area (Å²) in [6, 6.07) is 16.1. The van der Waals surface area contributed by atoms with Crippen molar-refractivity contribution in [1.82, 2.24) is 0 Å². The lowest BCUT2D eigenvalue weighted by atomic mass is 9.87. The monoisotopic (exact) mass is 568 g/mol. The number of para-hydroxylation sites is 2. The molecule has 4 aromatic carbocycles. The van der Waals surface area contributed by atoms with E-state index >= 15 is 0 Å². The van der Waals surface area contributed by atoms with Gasteiger partial charge in [0.15, 0.2) is 0 Å². The van der Waals surface area contributed by atoms with Crippen LogP contribution < -0.4 is 31.5 Å². The Kier molecular flexibility index (Phi) is 7.15. The van der Waals surface area contributed by atoms with Crippen LogP contribution in [0.3, 0.4) is 0 Å². The van der Waals surface area contributed by atoms with Gasteiger partial charge in [-0.05, 0) is 49.3 Å². The van der Waals surface area contributed by atoms with E-state index in [4.69, 9.17) is 0 Å². The van der Waals surface area contributed by atoms with Gasteiger partial charge in [-0.3, -0.25) is 19.2 Å². The van der Waals surface area contributed by atoms with Crippen molar-refractivity contribution in [2.75, 3.05) is 22.9 Å². The van der Waals surface area contributed by atoms with Crippen molar-refractivity contribution in [3.8, 4) is 11.1 Å². The van der Waals surface area contributed by atoms with E-state index in [1.807, 2.05) is 48.5 Å². The molecule has 0 bridgehead atoms. The SMILES string of the molecule is CCCCN1/C(=C/c2c(-c3c(/C=C4/Sc5ccccc5N4CCCC)c(=O)c3=O)c(=O)c2=O)Sc2ccccc21. The first-order chi connectivity index (χ1) is 19.4.